The zero-order valence-electron chi connectivity index (χ0n) is 15.0. The second-order valence-electron chi connectivity index (χ2n) is 6.63. The van der Waals surface area contributed by atoms with Crippen LogP contribution < -0.4 is 9.46 Å². The maximum Gasteiger partial charge on any atom is 0.266 e. The number of sulfonamides is 1. The van der Waals surface area contributed by atoms with Gasteiger partial charge in [-0.15, -0.1) is 11.3 Å². The number of aromatic nitrogens is 1. The van der Waals surface area contributed by atoms with Gasteiger partial charge in [0.2, 0.25) is 0 Å². The van der Waals surface area contributed by atoms with Gasteiger partial charge in [-0.2, -0.15) is 0 Å². The molecule has 1 aliphatic carbocycles. The summed E-state index contributed by atoms with van der Waals surface area (Å²) in [5, 5.41) is 1.82. The molecule has 6 nitrogen and oxygen atoms in total. The van der Waals surface area contributed by atoms with E-state index < -0.39 is 20.7 Å². The normalized spacial score (nSPS) is 20.6. The summed E-state index contributed by atoms with van der Waals surface area (Å²) in [5.41, 5.74) is 0. The lowest BCUT2D eigenvalue weighted by molar-refractivity contribution is 0.0620. The van der Waals surface area contributed by atoms with Crippen molar-refractivity contribution in [2.75, 3.05) is 18.8 Å². The van der Waals surface area contributed by atoms with Gasteiger partial charge in [-0.1, -0.05) is 18.0 Å². The molecule has 10 heteroatoms. The van der Waals surface area contributed by atoms with Gasteiger partial charge in [0.15, 0.2) is 5.13 Å². The van der Waals surface area contributed by atoms with Gasteiger partial charge < -0.3 is 9.64 Å². The molecule has 27 heavy (non-hydrogen) atoms. The highest BCUT2D eigenvalue weighted by Crippen LogP contribution is 2.34. The molecule has 0 amide bonds. The lowest BCUT2D eigenvalue weighted by Crippen LogP contribution is -2.44. The van der Waals surface area contributed by atoms with Crippen molar-refractivity contribution in [1.82, 2.24) is 9.88 Å². The molecule has 148 valence electrons. The summed E-state index contributed by atoms with van der Waals surface area (Å²) >= 11 is 7.32. The fraction of sp³-hybridized carbons (Fsp3) is 0.471. The summed E-state index contributed by atoms with van der Waals surface area (Å²) in [6.45, 7) is 0. The zero-order chi connectivity index (χ0) is 19.6. The molecule has 0 spiro atoms. The van der Waals surface area contributed by atoms with Crippen LogP contribution in [0.3, 0.4) is 0 Å². The first-order valence-corrected chi connectivity index (χ1v) is 11.3. The van der Waals surface area contributed by atoms with Crippen LogP contribution >= 0.6 is 22.9 Å². The van der Waals surface area contributed by atoms with Crippen LogP contribution in [0.25, 0.3) is 0 Å². The van der Waals surface area contributed by atoms with E-state index in [1.807, 2.05) is 14.1 Å². The van der Waals surface area contributed by atoms with Crippen LogP contribution in [0.1, 0.15) is 25.7 Å². The molecule has 1 N–H and O–H groups in total. The van der Waals surface area contributed by atoms with E-state index in [2.05, 4.69) is 14.6 Å². The lowest BCUT2D eigenvalue weighted by Gasteiger charge is -2.36. The molecule has 0 saturated heterocycles. The second-order valence-corrected chi connectivity index (χ2v) is 9.58. The van der Waals surface area contributed by atoms with Crippen molar-refractivity contribution in [3.63, 3.8) is 0 Å². The molecule has 0 bridgehead atoms. The Balaban J connectivity index is 1.84. The Morgan fingerprint density at radius 3 is 2.74 bits per heavy atom. The highest BCUT2D eigenvalue weighted by molar-refractivity contribution is 7.93. The Kier molecular flexibility index (Phi) is 6.25. The van der Waals surface area contributed by atoms with Crippen LogP contribution in [0.5, 0.6) is 5.75 Å². The van der Waals surface area contributed by atoms with Crippen molar-refractivity contribution in [3.8, 4) is 5.75 Å². The summed E-state index contributed by atoms with van der Waals surface area (Å²) in [4.78, 5) is 5.39. The molecule has 3 rings (SSSR count). The van der Waals surface area contributed by atoms with E-state index in [1.165, 1.54) is 6.20 Å². The third-order valence-corrected chi connectivity index (χ3v) is 7.01. The summed E-state index contributed by atoms with van der Waals surface area (Å²) < 4.78 is 47.6. The average molecular weight is 434 g/mol. The van der Waals surface area contributed by atoms with Gasteiger partial charge in [0.1, 0.15) is 22.6 Å². The fourth-order valence-corrected chi connectivity index (χ4v) is 5.37. The van der Waals surface area contributed by atoms with E-state index in [-0.39, 0.29) is 28.0 Å². The third kappa shape index (κ3) is 4.71. The predicted octanol–water partition coefficient (Wildman–Crippen LogP) is 3.99. The maximum absolute atomic E-state index is 14.6. The smallest absolute Gasteiger partial charge is 0.266 e. The second kappa shape index (κ2) is 8.30. The van der Waals surface area contributed by atoms with E-state index in [0.717, 1.165) is 49.2 Å². The standard InChI is InChI=1S/C17H21ClFN3O3S2/c1-22(2)13-5-3-4-6-14(13)25-15-10-12(19)16(9-11(15)18)27(23,24)21-17-20-7-8-26-17/h7-10,13-14H,3-6H2,1-2H3,(H,20,21)/t13-,14-/m0/s1. The van der Waals surface area contributed by atoms with E-state index >= 15 is 0 Å². The number of nitrogens with one attached hydrogen (secondary N) is 1. The van der Waals surface area contributed by atoms with Crippen molar-refractivity contribution >= 4 is 38.1 Å². The predicted molar refractivity (Wildman–Crippen MR) is 105 cm³/mol. The van der Waals surface area contributed by atoms with Gasteiger partial charge in [-0.3, -0.25) is 4.72 Å². The molecule has 1 fully saturated rings. The Morgan fingerprint density at radius 2 is 2.07 bits per heavy atom. The highest BCUT2D eigenvalue weighted by atomic mass is 35.5. The fourth-order valence-electron chi connectivity index (χ4n) is 3.22. The Hall–Kier alpha value is -1.42. The van der Waals surface area contributed by atoms with Crippen LogP contribution in [0, 0.1) is 5.82 Å². The number of benzene rings is 1. The molecule has 1 aromatic carbocycles. The number of anilines is 1. The minimum absolute atomic E-state index is 0.0546. The number of ether oxygens (including phenoxy) is 1. The van der Waals surface area contributed by atoms with Crippen molar-refractivity contribution in [2.24, 2.45) is 0 Å². The molecule has 1 aromatic heterocycles. The summed E-state index contributed by atoms with van der Waals surface area (Å²) in [5.74, 6) is -0.767. The van der Waals surface area contributed by atoms with Gasteiger partial charge in [0.25, 0.3) is 10.0 Å². The molecule has 0 aliphatic heterocycles. The summed E-state index contributed by atoms with van der Waals surface area (Å²) in [7, 11) is -0.174. The number of halogens is 2. The van der Waals surface area contributed by atoms with Crippen LogP contribution in [0.4, 0.5) is 9.52 Å². The monoisotopic (exact) mass is 433 g/mol. The molecule has 2 atom stereocenters. The van der Waals surface area contributed by atoms with Gasteiger partial charge in [0, 0.05) is 23.7 Å². The topological polar surface area (TPSA) is 71.5 Å². The van der Waals surface area contributed by atoms with Gasteiger partial charge >= 0.3 is 0 Å². The summed E-state index contributed by atoms with van der Waals surface area (Å²) in [6, 6.07) is 2.32. The van der Waals surface area contributed by atoms with Crippen LogP contribution in [0.15, 0.2) is 28.6 Å². The molecule has 1 saturated carbocycles. The summed E-state index contributed by atoms with van der Waals surface area (Å²) in [6.07, 6.45) is 5.30. The quantitative estimate of drug-likeness (QED) is 0.745. The number of thiazole rings is 1. The van der Waals surface area contributed by atoms with Crippen molar-refractivity contribution in [2.45, 2.75) is 42.7 Å². The maximum atomic E-state index is 14.6. The molecule has 0 unspecified atom stereocenters. The van der Waals surface area contributed by atoms with Crippen LogP contribution in [-0.2, 0) is 10.0 Å². The van der Waals surface area contributed by atoms with Crippen LogP contribution in [0.2, 0.25) is 5.02 Å². The average Bonchev–Trinajstić information content (AvgIpc) is 3.10. The van der Waals surface area contributed by atoms with E-state index in [9.17, 15) is 12.8 Å². The van der Waals surface area contributed by atoms with Gasteiger partial charge in [0.05, 0.1) is 5.02 Å². The van der Waals surface area contributed by atoms with E-state index in [0.29, 0.717) is 0 Å². The number of likely N-dealkylation sites (N-methyl/N-ethyl adjacent to an activating group) is 1. The van der Waals surface area contributed by atoms with E-state index in [1.54, 1.807) is 5.38 Å². The molecule has 2 aromatic rings. The largest absolute Gasteiger partial charge is 0.487 e. The third-order valence-electron chi connectivity index (χ3n) is 4.54. The first-order chi connectivity index (χ1) is 12.8. The Morgan fingerprint density at radius 1 is 1.33 bits per heavy atom. The Labute approximate surface area is 167 Å². The van der Waals surface area contributed by atoms with Crippen molar-refractivity contribution in [3.05, 3.63) is 34.5 Å². The molecule has 1 aliphatic rings. The number of hydrogen-bond donors (Lipinski definition) is 1. The zero-order valence-corrected chi connectivity index (χ0v) is 17.4. The number of nitrogens with zero attached hydrogens (tertiary/aromatic N) is 2. The molecular formula is C17H21ClFN3O3S2. The first kappa shape index (κ1) is 20.3. The van der Waals surface area contributed by atoms with E-state index in [4.69, 9.17) is 16.3 Å². The Bertz CT molecular complexity index is 891. The minimum Gasteiger partial charge on any atom is -0.487 e. The molecular weight excluding hydrogens is 413 g/mol. The minimum atomic E-state index is -4.14. The van der Waals surface area contributed by atoms with Gasteiger partial charge in [-0.25, -0.2) is 17.8 Å². The van der Waals surface area contributed by atoms with Gasteiger partial charge in [-0.05, 0) is 39.4 Å². The SMILES string of the molecule is CN(C)[C@H]1CCCC[C@@H]1Oc1cc(F)c(S(=O)(=O)Nc2nccs2)cc1Cl. The van der Waals surface area contributed by atoms with Crippen LogP contribution in [-0.4, -0.2) is 44.5 Å². The first-order valence-electron chi connectivity index (χ1n) is 8.52. The number of rotatable bonds is 6. The molecule has 1 heterocycles. The van der Waals surface area contributed by atoms with Crippen molar-refractivity contribution in [1.29, 1.82) is 0 Å². The van der Waals surface area contributed by atoms with Crippen molar-refractivity contribution < 1.29 is 17.5 Å². The highest BCUT2D eigenvalue weighted by Gasteiger charge is 2.30. The number of hydrogen-bond acceptors (Lipinski definition) is 6. The lowest BCUT2D eigenvalue weighted by atomic mass is 9.91. The molecule has 0 radical (unpaired) electrons.